The summed E-state index contributed by atoms with van der Waals surface area (Å²) in [5, 5.41) is 6.25. The SMILES string of the molecule is Cc1nc(NC2CC(COc3cnc(C(F)(F)F)cn3)C2)nc2c1NC(=O)[C@H](C(C)C)N2C. The Kier molecular flexibility index (Phi) is 6.02. The molecule has 0 radical (unpaired) electrons. The molecule has 1 aliphatic carbocycles. The normalized spacial score (nSPS) is 22.5. The second-order valence-electron chi connectivity index (χ2n) is 8.85. The number of hydrogen-bond donors (Lipinski definition) is 2. The minimum absolute atomic E-state index is 0.0630. The molecule has 3 heterocycles. The van der Waals surface area contributed by atoms with Crippen molar-refractivity contribution in [3.8, 4) is 5.88 Å². The number of aromatic nitrogens is 4. The summed E-state index contributed by atoms with van der Waals surface area (Å²) in [6.07, 6.45) is -1.27. The molecule has 2 N–H and O–H groups in total. The highest BCUT2D eigenvalue weighted by atomic mass is 19.4. The molecule has 2 aromatic rings. The Balaban J connectivity index is 1.32. The third-order valence-corrected chi connectivity index (χ3v) is 5.92. The number of amides is 1. The van der Waals surface area contributed by atoms with E-state index >= 15 is 0 Å². The number of likely N-dealkylation sites (N-methyl/N-ethyl adjacent to an activating group) is 1. The number of ether oxygens (including phenoxy) is 1. The van der Waals surface area contributed by atoms with Gasteiger partial charge in [0.1, 0.15) is 11.7 Å². The molecule has 0 unspecified atom stereocenters. The quantitative estimate of drug-likeness (QED) is 0.670. The van der Waals surface area contributed by atoms with Crippen molar-refractivity contribution in [2.45, 2.75) is 51.9 Å². The molecule has 12 heteroatoms. The third kappa shape index (κ3) is 4.79. The smallest absolute Gasteiger partial charge is 0.434 e. The van der Waals surface area contributed by atoms with E-state index in [1.807, 2.05) is 32.7 Å². The lowest BCUT2D eigenvalue weighted by molar-refractivity contribution is -0.141. The van der Waals surface area contributed by atoms with Gasteiger partial charge in [0.05, 0.1) is 24.7 Å². The number of nitrogens with zero attached hydrogens (tertiary/aromatic N) is 5. The number of hydrogen-bond acceptors (Lipinski definition) is 8. The number of anilines is 3. The van der Waals surface area contributed by atoms with Crippen LogP contribution in [0.25, 0.3) is 0 Å². The van der Waals surface area contributed by atoms with Crippen molar-refractivity contribution in [3.05, 3.63) is 23.8 Å². The van der Waals surface area contributed by atoms with Gasteiger partial charge in [0.25, 0.3) is 0 Å². The number of carbonyl (C=O) groups is 1. The average molecular weight is 465 g/mol. The fourth-order valence-electron chi connectivity index (χ4n) is 4.19. The summed E-state index contributed by atoms with van der Waals surface area (Å²) in [5.74, 6) is 1.54. The van der Waals surface area contributed by atoms with Crippen LogP contribution in [0.4, 0.5) is 30.6 Å². The molecular weight excluding hydrogens is 439 g/mol. The minimum Gasteiger partial charge on any atom is -0.476 e. The van der Waals surface area contributed by atoms with Gasteiger partial charge in [0.15, 0.2) is 11.5 Å². The maximum absolute atomic E-state index is 12.5. The highest BCUT2D eigenvalue weighted by Crippen LogP contribution is 2.36. The fraction of sp³-hybridized carbons (Fsp3) is 0.571. The van der Waals surface area contributed by atoms with Crippen molar-refractivity contribution in [2.24, 2.45) is 11.8 Å². The van der Waals surface area contributed by atoms with Gasteiger partial charge in [-0.3, -0.25) is 4.79 Å². The molecule has 0 saturated heterocycles. The highest BCUT2D eigenvalue weighted by Gasteiger charge is 2.36. The lowest BCUT2D eigenvalue weighted by Gasteiger charge is -2.38. The van der Waals surface area contributed by atoms with Crippen molar-refractivity contribution in [3.63, 3.8) is 0 Å². The summed E-state index contributed by atoms with van der Waals surface area (Å²) in [6.45, 7) is 6.16. The zero-order valence-corrected chi connectivity index (χ0v) is 18.8. The van der Waals surface area contributed by atoms with Crippen molar-refractivity contribution < 1.29 is 22.7 Å². The van der Waals surface area contributed by atoms with Crippen LogP contribution in [0.2, 0.25) is 0 Å². The Morgan fingerprint density at radius 3 is 2.58 bits per heavy atom. The van der Waals surface area contributed by atoms with E-state index in [1.54, 1.807) is 0 Å². The monoisotopic (exact) mass is 465 g/mol. The maximum atomic E-state index is 12.5. The summed E-state index contributed by atoms with van der Waals surface area (Å²) in [4.78, 5) is 30.5. The van der Waals surface area contributed by atoms with Gasteiger partial charge in [-0.25, -0.2) is 15.0 Å². The summed E-state index contributed by atoms with van der Waals surface area (Å²) in [5.41, 5.74) is 0.264. The van der Waals surface area contributed by atoms with Crippen LogP contribution in [0, 0.1) is 18.8 Å². The molecule has 33 heavy (non-hydrogen) atoms. The van der Waals surface area contributed by atoms with Crippen molar-refractivity contribution in [2.75, 3.05) is 29.2 Å². The molecule has 0 spiro atoms. The van der Waals surface area contributed by atoms with Crippen LogP contribution < -0.4 is 20.3 Å². The molecule has 1 atom stereocenters. The molecule has 0 bridgehead atoms. The predicted octanol–water partition coefficient (Wildman–Crippen LogP) is 3.28. The van der Waals surface area contributed by atoms with Crippen LogP contribution in [-0.4, -0.2) is 51.6 Å². The Morgan fingerprint density at radius 2 is 1.97 bits per heavy atom. The lowest BCUT2D eigenvalue weighted by Crippen LogP contribution is -2.50. The van der Waals surface area contributed by atoms with E-state index in [4.69, 9.17) is 4.74 Å². The van der Waals surface area contributed by atoms with Crippen molar-refractivity contribution in [1.82, 2.24) is 19.9 Å². The number of aryl methyl sites for hydroxylation is 1. The van der Waals surface area contributed by atoms with Crippen molar-refractivity contribution >= 4 is 23.4 Å². The third-order valence-electron chi connectivity index (χ3n) is 5.92. The van der Waals surface area contributed by atoms with Gasteiger partial charge in [-0.15, -0.1) is 0 Å². The zero-order chi connectivity index (χ0) is 23.9. The van der Waals surface area contributed by atoms with Crippen LogP contribution >= 0.6 is 0 Å². The number of carbonyl (C=O) groups excluding carboxylic acids is 1. The average Bonchev–Trinajstić information content (AvgIpc) is 2.70. The Morgan fingerprint density at radius 1 is 1.24 bits per heavy atom. The number of halogens is 3. The molecule has 1 amide bonds. The van der Waals surface area contributed by atoms with Crippen LogP contribution in [0.3, 0.4) is 0 Å². The van der Waals surface area contributed by atoms with Gasteiger partial charge in [-0.05, 0) is 31.6 Å². The summed E-state index contributed by atoms with van der Waals surface area (Å²) in [7, 11) is 1.86. The summed E-state index contributed by atoms with van der Waals surface area (Å²) >= 11 is 0. The van der Waals surface area contributed by atoms with E-state index in [9.17, 15) is 18.0 Å². The molecule has 1 fully saturated rings. The molecule has 4 rings (SSSR count). The largest absolute Gasteiger partial charge is 0.476 e. The van der Waals surface area contributed by atoms with Gasteiger partial charge in [0.2, 0.25) is 17.7 Å². The Bertz CT molecular complexity index is 1020. The molecule has 9 nitrogen and oxygen atoms in total. The first kappa shape index (κ1) is 23.0. The van der Waals surface area contributed by atoms with E-state index in [1.165, 1.54) is 0 Å². The second-order valence-corrected chi connectivity index (χ2v) is 8.85. The van der Waals surface area contributed by atoms with Crippen LogP contribution in [0.1, 0.15) is 38.1 Å². The number of rotatable bonds is 6. The van der Waals surface area contributed by atoms with Gasteiger partial charge in [0, 0.05) is 13.1 Å². The topological polar surface area (TPSA) is 105 Å². The van der Waals surface area contributed by atoms with E-state index in [-0.39, 0.29) is 35.7 Å². The van der Waals surface area contributed by atoms with E-state index in [2.05, 4.69) is 30.6 Å². The zero-order valence-electron chi connectivity index (χ0n) is 18.8. The number of nitrogens with one attached hydrogen (secondary N) is 2. The lowest BCUT2D eigenvalue weighted by atomic mass is 9.81. The second kappa shape index (κ2) is 8.64. The maximum Gasteiger partial charge on any atom is 0.434 e. The van der Waals surface area contributed by atoms with Gasteiger partial charge < -0.3 is 20.3 Å². The molecule has 1 aliphatic heterocycles. The summed E-state index contributed by atoms with van der Waals surface area (Å²) in [6, 6.07) is -0.155. The van der Waals surface area contributed by atoms with E-state index in [0.29, 0.717) is 36.0 Å². The standard InChI is InChI=1S/C21H26F3N7O2/c1-10(2)17-19(32)29-16-11(3)27-20(30-18(16)31(17)4)28-13-5-12(6-13)9-33-15-8-25-14(7-26-15)21(22,23)24/h7-8,10,12-13,17H,5-6,9H2,1-4H3,(H,29,32)(H,27,28,30)/t12?,13?,17-/m0/s1. The molecule has 178 valence electrons. The van der Waals surface area contributed by atoms with Crippen LogP contribution in [0.15, 0.2) is 12.4 Å². The molecule has 1 saturated carbocycles. The highest BCUT2D eigenvalue weighted by molar-refractivity contribution is 6.03. The molecule has 2 aliphatic rings. The minimum atomic E-state index is -4.52. The van der Waals surface area contributed by atoms with E-state index < -0.39 is 11.9 Å². The first-order valence-corrected chi connectivity index (χ1v) is 10.7. The molecular formula is C21H26F3N7O2. The summed E-state index contributed by atoms with van der Waals surface area (Å²) < 4.78 is 43.1. The van der Waals surface area contributed by atoms with Crippen LogP contribution in [-0.2, 0) is 11.0 Å². The first-order chi connectivity index (χ1) is 15.5. The number of fused-ring (bicyclic) bond motifs is 1. The van der Waals surface area contributed by atoms with Crippen molar-refractivity contribution in [1.29, 1.82) is 0 Å². The van der Waals surface area contributed by atoms with Gasteiger partial charge in [-0.2, -0.15) is 18.2 Å². The van der Waals surface area contributed by atoms with E-state index in [0.717, 1.165) is 19.0 Å². The number of alkyl halides is 3. The fourth-order valence-corrected chi connectivity index (χ4v) is 4.19. The predicted molar refractivity (Wildman–Crippen MR) is 115 cm³/mol. The molecule has 2 aromatic heterocycles. The Hall–Kier alpha value is -3.18. The first-order valence-electron chi connectivity index (χ1n) is 10.7. The Labute approximate surface area is 189 Å². The van der Waals surface area contributed by atoms with Crippen LogP contribution in [0.5, 0.6) is 5.88 Å². The molecule has 0 aromatic carbocycles. The van der Waals surface area contributed by atoms with Gasteiger partial charge >= 0.3 is 6.18 Å². The van der Waals surface area contributed by atoms with Gasteiger partial charge in [-0.1, -0.05) is 13.8 Å².